The first-order valence-corrected chi connectivity index (χ1v) is 15.1. The van der Waals surface area contributed by atoms with Crippen LogP contribution in [0.25, 0.3) is 11.1 Å². The molecule has 1 saturated carbocycles. The predicted molar refractivity (Wildman–Crippen MR) is 153 cm³/mol. The van der Waals surface area contributed by atoms with Crippen molar-refractivity contribution in [2.24, 2.45) is 5.92 Å². The molecule has 1 heterocycles. The Morgan fingerprint density at radius 3 is 2.50 bits per heavy atom. The molecule has 4 atom stereocenters. The molecule has 0 radical (unpaired) electrons. The highest BCUT2D eigenvalue weighted by molar-refractivity contribution is 7.98. The standard InChI is InChI=1S/C31H41NO5S/c1-38-23-37-30(34)12-8-3-2-7-11-27-29(21-28(33)31(27)32-17-19-35-20-18-32)36-22-24-13-15-26(16-14-24)25-9-5-4-6-10-25/h2-6,9-10,13-16,27-29,31,33H,7-8,11-12,17-23H2,1H3/b3-2-/t27?,28-,29-,31+/m0/s1. The topological polar surface area (TPSA) is 68.2 Å². The number of carbonyl (C=O) groups is 1. The fraction of sp³-hybridized carbons (Fsp3) is 0.516. The third-order valence-corrected chi connectivity index (χ3v) is 7.82. The smallest absolute Gasteiger partial charge is 0.306 e. The molecule has 1 unspecified atom stereocenters. The summed E-state index contributed by atoms with van der Waals surface area (Å²) >= 11 is 1.50. The SMILES string of the molecule is CSCOC(=O)CC/C=C\CCC1[C@@H](OCc2ccc(-c3ccccc3)cc2)C[C@H](O)[C@@H]1N1CCOCC1. The molecular formula is C31H41NO5S. The molecule has 1 N–H and O–H groups in total. The first kappa shape index (κ1) is 28.8. The lowest BCUT2D eigenvalue weighted by molar-refractivity contribution is -0.141. The van der Waals surface area contributed by atoms with Crippen molar-refractivity contribution >= 4 is 17.7 Å². The second kappa shape index (κ2) is 15.4. The molecule has 2 aromatic rings. The summed E-state index contributed by atoms with van der Waals surface area (Å²) in [6.07, 6.45) is 9.31. The van der Waals surface area contributed by atoms with E-state index >= 15 is 0 Å². The summed E-state index contributed by atoms with van der Waals surface area (Å²) in [6.45, 7) is 3.65. The number of thioether (sulfide) groups is 1. The summed E-state index contributed by atoms with van der Waals surface area (Å²) in [5, 5.41) is 11.1. The molecule has 0 aromatic heterocycles. The lowest BCUT2D eigenvalue weighted by Gasteiger charge is -2.38. The van der Waals surface area contributed by atoms with Crippen LogP contribution >= 0.6 is 11.8 Å². The Morgan fingerprint density at radius 1 is 1.05 bits per heavy atom. The number of nitrogens with zero attached hydrogens (tertiary/aromatic N) is 1. The summed E-state index contributed by atoms with van der Waals surface area (Å²) in [5.41, 5.74) is 3.54. The molecule has 2 aliphatic rings. The molecule has 6 nitrogen and oxygen atoms in total. The van der Waals surface area contributed by atoms with Crippen molar-refractivity contribution in [2.45, 2.75) is 57.0 Å². The molecule has 0 bridgehead atoms. The number of benzene rings is 2. The normalized spacial score (nSPS) is 24.2. The van der Waals surface area contributed by atoms with E-state index in [1.807, 2.05) is 12.3 Å². The van der Waals surface area contributed by atoms with Crippen molar-refractivity contribution in [1.29, 1.82) is 0 Å². The summed E-state index contributed by atoms with van der Waals surface area (Å²) in [6, 6.07) is 19.0. The van der Waals surface area contributed by atoms with Gasteiger partial charge in [0.15, 0.2) is 0 Å². The minimum Gasteiger partial charge on any atom is -0.455 e. The van der Waals surface area contributed by atoms with Crippen molar-refractivity contribution in [1.82, 2.24) is 4.90 Å². The first-order valence-electron chi connectivity index (χ1n) is 13.7. The second-order valence-corrected chi connectivity index (χ2v) is 10.8. The van der Waals surface area contributed by atoms with Gasteiger partial charge in [0.25, 0.3) is 0 Å². The molecule has 0 spiro atoms. The number of allylic oxidation sites excluding steroid dienone is 2. The van der Waals surface area contributed by atoms with Crippen molar-refractivity contribution in [3.05, 3.63) is 72.3 Å². The van der Waals surface area contributed by atoms with Crippen LogP contribution in [-0.2, 0) is 25.6 Å². The molecule has 1 aliphatic heterocycles. The van der Waals surface area contributed by atoms with E-state index in [4.69, 9.17) is 14.2 Å². The van der Waals surface area contributed by atoms with Crippen molar-refractivity contribution in [3.63, 3.8) is 0 Å². The van der Waals surface area contributed by atoms with Crippen molar-refractivity contribution < 1.29 is 24.1 Å². The Kier molecular flexibility index (Phi) is 11.7. The van der Waals surface area contributed by atoms with Gasteiger partial charge < -0.3 is 19.3 Å². The van der Waals surface area contributed by atoms with Crippen LogP contribution in [0.4, 0.5) is 0 Å². The highest BCUT2D eigenvalue weighted by atomic mass is 32.2. The largest absolute Gasteiger partial charge is 0.455 e. The van der Waals surface area contributed by atoms with Gasteiger partial charge in [0.1, 0.15) is 5.94 Å². The van der Waals surface area contributed by atoms with Gasteiger partial charge in [-0.25, -0.2) is 0 Å². The van der Waals surface area contributed by atoms with Gasteiger partial charge in [0, 0.05) is 37.9 Å². The van der Waals surface area contributed by atoms with E-state index in [0.717, 1.165) is 31.5 Å². The number of hydrogen-bond donors (Lipinski definition) is 1. The van der Waals surface area contributed by atoms with Crippen molar-refractivity contribution in [2.75, 3.05) is 38.5 Å². The molecule has 1 aliphatic carbocycles. The number of carbonyl (C=O) groups excluding carboxylic acids is 1. The lowest BCUT2D eigenvalue weighted by Crippen LogP contribution is -2.50. The van der Waals surface area contributed by atoms with Crippen LogP contribution in [0.1, 0.15) is 37.7 Å². The van der Waals surface area contributed by atoms with Crippen LogP contribution in [0, 0.1) is 5.92 Å². The molecule has 1 saturated heterocycles. The summed E-state index contributed by atoms with van der Waals surface area (Å²) in [7, 11) is 0. The number of esters is 1. The van der Waals surface area contributed by atoms with Gasteiger partial charge in [-0.1, -0.05) is 66.7 Å². The van der Waals surface area contributed by atoms with Crippen LogP contribution in [-0.4, -0.2) is 72.7 Å². The fourth-order valence-corrected chi connectivity index (χ4v) is 5.79. The van der Waals surface area contributed by atoms with E-state index in [0.29, 0.717) is 45.0 Å². The van der Waals surface area contributed by atoms with E-state index in [9.17, 15) is 9.90 Å². The van der Waals surface area contributed by atoms with Crippen LogP contribution in [0.2, 0.25) is 0 Å². The summed E-state index contributed by atoms with van der Waals surface area (Å²) < 4.78 is 17.2. The number of morpholine rings is 1. The molecule has 0 amide bonds. The first-order chi connectivity index (χ1) is 18.7. The second-order valence-electron chi connectivity index (χ2n) is 10.0. The van der Waals surface area contributed by atoms with Crippen LogP contribution < -0.4 is 0 Å². The Bertz CT molecular complexity index is 993. The average molecular weight is 540 g/mol. The quantitative estimate of drug-likeness (QED) is 0.210. The molecule has 2 aromatic carbocycles. The zero-order valence-electron chi connectivity index (χ0n) is 22.4. The van der Waals surface area contributed by atoms with Gasteiger partial charge in [0.05, 0.1) is 32.0 Å². The maximum Gasteiger partial charge on any atom is 0.306 e. The van der Waals surface area contributed by atoms with Gasteiger partial charge in [-0.15, -0.1) is 11.8 Å². The van der Waals surface area contributed by atoms with Gasteiger partial charge in [0.2, 0.25) is 0 Å². The number of rotatable bonds is 13. The Labute approximate surface area is 231 Å². The molecule has 7 heteroatoms. The third-order valence-electron chi connectivity index (χ3n) is 7.46. The molecule has 38 heavy (non-hydrogen) atoms. The zero-order chi connectivity index (χ0) is 26.6. The van der Waals surface area contributed by atoms with Crippen LogP contribution in [0.5, 0.6) is 0 Å². The molecule has 206 valence electrons. The lowest BCUT2D eigenvalue weighted by atomic mass is 9.93. The monoisotopic (exact) mass is 539 g/mol. The maximum absolute atomic E-state index is 11.7. The molecule has 4 rings (SSSR count). The number of ether oxygens (including phenoxy) is 3. The predicted octanol–water partition coefficient (Wildman–Crippen LogP) is 5.30. The minimum absolute atomic E-state index is 0.00145. The Hall–Kier alpha value is -2.16. The van der Waals surface area contributed by atoms with Crippen LogP contribution in [0.15, 0.2) is 66.7 Å². The summed E-state index contributed by atoms with van der Waals surface area (Å²) in [4.78, 5) is 14.1. The van der Waals surface area contributed by atoms with Crippen LogP contribution in [0.3, 0.4) is 0 Å². The average Bonchev–Trinajstić information content (AvgIpc) is 3.28. The highest BCUT2D eigenvalue weighted by Crippen LogP contribution is 2.37. The number of hydrogen-bond acceptors (Lipinski definition) is 7. The number of aliphatic hydroxyl groups is 1. The van der Waals surface area contributed by atoms with E-state index in [-0.39, 0.29) is 24.0 Å². The number of aliphatic hydroxyl groups excluding tert-OH is 1. The van der Waals surface area contributed by atoms with E-state index in [2.05, 4.69) is 65.6 Å². The van der Waals surface area contributed by atoms with Gasteiger partial charge in [-0.2, -0.15) is 0 Å². The Balaban J connectivity index is 1.33. The zero-order valence-corrected chi connectivity index (χ0v) is 23.2. The van der Waals surface area contributed by atoms with Gasteiger partial charge in [-0.05, 0) is 42.2 Å². The Morgan fingerprint density at radius 2 is 1.76 bits per heavy atom. The fourth-order valence-electron chi connectivity index (χ4n) is 5.55. The molecular weight excluding hydrogens is 498 g/mol. The van der Waals surface area contributed by atoms with Gasteiger partial charge >= 0.3 is 5.97 Å². The highest BCUT2D eigenvalue weighted by Gasteiger charge is 2.45. The summed E-state index contributed by atoms with van der Waals surface area (Å²) in [5.74, 6) is 0.497. The van der Waals surface area contributed by atoms with Crippen molar-refractivity contribution in [3.8, 4) is 11.1 Å². The minimum atomic E-state index is -0.404. The van der Waals surface area contributed by atoms with E-state index in [1.165, 1.54) is 22.9 Å². The molecule has 2 fully saturated rings. The van der Waals surface area contributed by atoms with E-state index in [1.54, 1.807) is 0 Å². The third kappa shape index (κ3) is 8.42. The van der Waals surface area contributed by atoms with E-state index < -0.39 is 6.10 Å². The maximum atomic E-state index is 11.7. The van der Waals surface area contributed by atoms with Gasteiger partial charge in [-0.3, -0.25) is 9.69 Å².